The fourth-order valence-electron chi connectivity index (χ4n) is 2.45. The normalized spacial score (nSPS) is 20.0. The highest BCUT2D eigenvalue weighted by atomic mass is 16.5. The summed E-state index contributed by atoms with van der Waals surface area (Å²) in [6.45, 7) is 16.8. The van der Waals surface area contributed by atoms with Gasteiger partial charge < -0.3 is 9.47 Å². The zero-order valence-electron chi connectivity index (χ0n) is 15.2. The van der Waals surface area contributed by atoms with Gasteiger partial charge in [-0.3, -0.25) is 0 Å². The van der Waals surface area contributed by atoms with Gasteiger partial charge in [0.25, 0.3) is 0 Å². The third-order valence-corrected chi connectivity index (χ3v) is 4.31. The summed E-state index contributed by atoms with van der Waals surface area (Å²) in [6, 6.07) is 8.16. The lowest BCUT2D eigenvalue weighted by atomic mass is 9.76. The SMILES string of the molecule is C=C(OC1=COc2ccccc2[C@]1(C)CC=C(C)C)C(C)(C)C. The molecule has 0 radical (unpaired) electrons. The number of hydrogen-bond acceptors (Lipinski definition) is 2. The Morgan fingerprint density at radius 1 is 1.26 bits per heavy atom. The van der Waals surface area contributed by atoms with Crippen molar-refractivity contribution in [2.24, 2.45) is 5.41 Å². The zero-order chi connectivity index (χ0) is 17.3. The number of hydrogen-bond donors (Lipinski definition) is 0. The Morgan fingerprint density at radius 3 is 2.52 bits per heavy atom. The monoisotopic (exact) mass is 312 g/mol. The minimum Gasteiger partial charge on any atom is -0.462 e. The van der Waals surface area contributed by atoms with Crippen LogP contribution in [0, 0.1) is 5.41 Å². The maximum Gasteiger partial charge on any atom is 0.149 e. The molecule has 1 atom stereocenters. The van der Waals surface area contributed by atoms with E-state index in [4.69, 9.17) is 9.47 Å². The van der Waals surface area contributed by atoms with Crippen LogP contribution in [-0.4, -0.2) is 0 Å². The molecule has 2 heteroatoms. The van der Waals surface area contributed by atoms with E-state index in [-0.39, 0.29) is 10.8 Å². The van der Waals surface area contributed by atoms with Gasteiger partial charge in [-0.25, -0.2) is 0 Å². The molecule has 0 saturated carbocycles. The first-order valence-corrected chi connectivity index (χ1v) is 8.12. The summed E-state index contributed by atoms with van der Waals surface area (Å²) in [5, 5.41) is 0. The van der Waals surface area contributed by atoms with Crippen LogP contribution in [0.25, 0.3) is 0 Å². The van der Waals surface area contributed by atoms with Crippen LogP contribution in [0.3, 0.4) is 0 Å². The highest BCUT2D eigenvalue weighted by molar-refractivity contribution is 5.47. The lowest BCUT2D eigenvalue weighted by Gasteiger charge is -2.37. The van der Waals surface area contributed by atoms with Crippen LogP contribution in [0.5, 0.6) is 5.75 Å². The van der Waals surface area contributed by atoms with Gasteiger partial charge in [-0.2, -0.15) is 0 Å². The lowest BCUT2D eigenvalue weighted by Crippen LogP contribution is -2.30. The number of ether oxygens (including phenoxy) is 2. The Labute approximate surface area is 140 Å². The van der Waals surface area contributed by atoms with Crippen LogP contribution in [-0.2, 0) is 10.2 Å². The van der Waals surface area contributed by atoms with Gasteiger partial charge in [0.1, 0.15) is 23.5 Å². The summed E-state index contributed by atoms with van der Waals surface area (Å²) in [7, 11) is 0. The molecule has 2 nitrogen and oxygen atoms in total. The van der Waals surface area contributed by atoms with Gasteiger partial charge in [-0.1, -0.05) is 57.2 Å². The van der Waals surface area contributed by atoms with E-state index in [1.165, 1.54) is 5.57 Å². The summed E-state index contributed by atoms with van der Waals surface area (Å²) in [6.07, 6.45) is 4.84. The first-order valence-electron chi connectivity index (χ1n) is 8.12. The lowest BCUT2D eigenvalue weighted by molar-refractivity contribution is 0.163. The van der Waals surface area contributed by atoms with Gasteiger partial charge in [0.15, 0.2) is 0 Å². The molecule has 0 saturated heterocycles. The molecule has 1 aliphatic rings. The molecule has 0 aliphatic carbocycles. The quantitative estimate of drug-likeness (QED) is 0.493. The Bertz CT molecular complexity index is 655. The topological polar surface area (TPSA) is 18.5 Å². The summed E-state index contributed by atoms with van der Waals surface area (Å²) in [5.74, 6) is 2.45. The summed E-state index contributed by atoms with van der Waals surface area (Å²) in [4.78, 5) is 0. The summed E-state index contributed by atoms with van der Waals surface area (Å²) < 4.78 is 12.0. The fraction of sp³-hybridized carbons (Fsp3) is 0.429. The molecular weight excluding hydrogens is 284 g/mol. The Morgan fingerprint density at radius 2 is 1.91 bits per heavy atom. The van der Waals surface area contributed by atoms with Crippen molar-refractivity contribution in [3.8, 4) is 5.75 Å². The van der Waals surface area contributed by atoms with E-state index in [9.17, 15) is 0 Å². The predicted molar refractivity (Wildman–Crippen MR) is 96.2 cm³/mol. The maximum atomic E-state index is 6.17. The zero-order valence-corrected chi connectivity index (χ0v) is 15.2. The van der Waals surface area contributed by atoms with E-state index >= 15 is 0 Å². The van der Waals surface area contributed by atoms with Crippen LogP contribution in [0.4, 0.5) is 0 Å². The second-order valence-electron chi connectivity index (χ2n) is 7.69. The van der Waals surface area contributed by atoms with Crippen molar-refractivity contribution < 1.29 is 9.47 Å². The third-order valence-electron chi connectivity index (χ3n) is 4.31. The summed E-state index contributed by atoms with van der Waals surface area (Å²) in [5.41, 5.74) is 2.07. The van der Waals surface area contributed by atoms with Crippen molar-refractivity contribution in [2.45, 2.75) is 53.4 Å². The van der Waals surface area contributed by atoms with E-state index in [2.05, 4.69) is 60.3 Å². The molecule has 0 unspecified atom stereocenters. The molecule has 124 valence electrons. The first kappa shape index (κ1) is 17.4. The largest absolute Gasteiger partial charge is 0.462 e. The molecule has 0 amide bonds. The molecule has 1 aromatic rings. The number of benzene rings is 1. The second kappa shape index (κ2) is 6.27. The van der Waals surface area contributed by atoms with Crippen molar-refractivity contribution in [1.29, 1.82) is 0 Å². The van der Waals surface area contributed by atoms with E-state index < -0.39 is 0 Å². The van der Waals surface area contributed by atoms with Crippen LogP contribution in [0.1, 0.15) is 53.5 Å². The number of allylic oxidation sites excluding steroid dienone is 4. The number of para-hydroxylation sites is 1. The molecule has 0 aromatic heterocycles. The molecule has 0 spiro atoms. The smallest absolute Gasteiger partial charge is 0.149 e. The molecule has 1 heterocycles. The molecule has 0 bridgehead atoms. The minimum absolute atomic E-state index is 0.116. The van der Waals surface area contributed by atoms with Crippen LogP contribution >= 0.6 is 0 Å². The van der Waals surface area contributed by atoms with Gasteiger partial charge in [0, 0.05) is 11.0 Å². The minimum atomic E-state index is -0.264. The van der Waals surface area contributed by atoms with Gasteiger partial charge in [0.05, 0.1) is 5.41 Å². The standard InChI is InChI=1S/C21H28O2/c1-15(2)12-13-21(7)17-10-8-9-11-18(17)22-14-19(21)23-16(3)20(4,5)6/h8-12,14H,3,13H2,1-2,4-7H3/t21-/m0/s1. The van der Waals surface area contributed by atoms with E-state index in [0.29, 0.717) is 0 Å². The molecule has 23 heavy (non-hydrogen) atoms. The molecule has 0 fully saturated rings. The Kier molecular flexibility index (Phi) is 4.74. The van der Waals surface area contributed by atoms with Gasteiger partial charge in [0.2, 0.25) is 0 Å². The van der Waals surface area contributed by atoms with E-state index in [1.54, 1.807) is 6.26 Å². The van der Waals surface area contributed by atoms with Gasteiger partial charge >= 0.3 is 0 Å². The van der Waals surface area contributed by atoms with Crippen LogP contribution in [0.2, 0.25) is 0 Å². The first-order chi connectivity index (χ1) is 10.6. The van der Waals surface area contributed by atoms with E-state index in [0.717, 1.165) is 29.3 Å². The van der Waals surface area contributed by atoms with Crippen molar-refractivity contribution >= 4 is 0 Å². The maximum absolute atomic E-state index is 6.17. The average Bonchev–Trinajstić information content (AvgIpc) is 2.47. The highest BCUT2D eigenvalue weighted by Gasteiger charge is 2.39. The fourth-order valence-corrected chi connectivity index (χ4v) is 2.45. The molecule has 0 N–H and O–H groups in total. The Balaban J connectivity index is 2.43. The van der Waals surface area contributed by atoms with Crippen molar-refractivity contribution in [1.82, 2.24) is 0 Å². The van der Waals surface area contributed by atoms with Gasteiger partial charge in [-0.05, 0) is 33.3 Å². The van der Waals surface area contributed by atoms with Crippen LogP contribution in [0.15, 0.2) is 60.3 Å². The average molecular weight is 312 g/mol. The third kappa shape index (κ3) is 3.69. The number of rotatable bonds is 4. The number of fused-ring (bicyclic) bond motifs is 1. The molecule has 2 rings (SSSR count). The van der Waals surface area contributed by atoms with Crippen molar-refractivity contribution in [3.05, 3.63) is 65.8 Å². The summed E-state index contributed by atoms with van der Waals surface area (Å²) >= 11 is 0. The van der Waals surface area contributed by atoms with E-state index in [1.807, 2.05) is 18.2 Å². The molecular formula is C21H28O2. The Hall–Kier alpha value is -1.96. The van der Waals surface area contributed by atoms with Crippen LogP contribution < -0.4 is 4.74 Å². The van der Waals surface area contributed by atoms with Gasteiger partial charge in [-0.15, -0.1) is 0 Å². The second-order valence-corrected chi connectivity index (χ2v) is 7.69. The van der Waals surface area contributed by atoms with Crippen molar-refractivity contribution in [2.75, 3.05) is 0 Å². The molecule has 1 aliphatic heterocycles. The molecule has 1 aromatic carbocycles. The predicted octanol–water partition coefficient (Wildman–Crippen LogP) is 6.11. The highest BCUT2D eigenvalue weighted by Crippen LogP contribution is 2.46. The van der Waals surface area contributed by atoms with Crippen molar-refractivity contribution in [3.63, 3.8) is 0 Å².